The second-order valence-corrected chi connectivity index (χ2v) is 4.97. The molecule has 0 unspecified atom stereocenters. The van der Waals surface area contributed by atoms with Crippen LogP contribution in [0, 0.1) is 5.92 Å². The van der Waals surface area contributed by atoms with E-state index in [0.29, 0.717) is 5.02 Å². The molecular formula is C13H19ClN2. The normalized spacial score (nSPS) is 15.1. The van der Waals surface area contributed by atoms with Gasteiger partial charge >= 0.3 is 0 Å². The summed E-state index contributed by atoms with van der Waals surface area (Å²) in [6.07, 6.45) is 3.86. The molecule has 1 aromatic carbocycles. The van der Waals surface area contributed by atoms with Crippen molar-refractivity contribution in [2.24, 2.45) is 5.92 Å². The van der Waals surface area contributed by atoms with Crippen LogP contribution in [0.25, 0.3) is 0 Å². The topological polar surface area (TPSA) is 29.3 Å². The Morgan fingerprint density at radius 1 is 1.44 bits per heavy atom. The molecule has 0 bridgehead atoms. The summed E-state index contributed by atoms with van der Waals surface area (Å²) in [4.78, 5) is 2.37. The zero-order valence-corrected chi connectivity index (χ0v) is 10.5. The van der Waals surface area contributed by atoms with Crippen molar-refractivity contribution in [3.63, 3.8) is 0 Å². The Labute approximate surface area is 102 Å². The van der Waals surface area contributed by atoms with Gasteiger partial charge in [0.15, 0.2) is 0 Å². The lowest BCUT2D eigenvalue weighted by atomic mass is 10.2. The van der Waals surface area contributed by atoms with E-state index >= 15 is 0 Å². The van der Waals surface area contributed by atoms with Gasteiger partial charge < -0.3 is 10.6 Å². The fraction of sp³-hybridized carbons (Fsp3) is 0.538. The Kier molecular flexibility index (Phi) is 3.59. The van der Waals surface area contributed by atoms with E-state index in [1.54, 1.807) is 0 Å². The molecule has 2 N–H and O–H groups in total. The molecular weight excluding hydrogens is 220 g/mol. The molecule has 1 fully saturated rings. The number of halogens is 1. The first kappa shape index (κ1) is 11.6. The summed E-state index contributed by atoms with van der Waals surface area (Å²) in [6.45, 7) is 4.38. The number of nitrogens with zero attached hydrogens (tertiary/aromatic N) is 1. The molecule has 1 aromatic rings. The van der Waals surface area contributed by atoms with E-state index < -0.39 is 0 Å². The van der Waals surface area contributed by atoms with Crippen LogP contribution in [-0.2, 0) is 0 Å². The van der Waals surface area contributed by atoms with E-state index in [0.717, 1.165) is 36.8 Å². The maximum absolute atomic E-state index is 6.06. The summed E-state index contributed by atoms with van der Waals surface area (Å²) < 4.78 is 0. The minimum atomic E-state index is 0.661. The lowest BCUT2D eigenvalue weighted by Crippen LogP contribution is -2.27. The first-order chi connectivity index (χ1) is 7.72. The van der Waals surface area contributed by atoms with Gasteiger partial charge in [0.1, 0.15) is 0 Å². The Morgan fingerprint density at radius 3 is 2.81 bits per heavy atom. The molecule has 88 valence electrons. The Bertz CT molecular complexity index is 361. The van der Waals surface area contributed by atoms with Gasteiger partial charge in [-0.25, -0.2) is 0 Å². The third-order valence-electron chi connectivity index (χ3n) is 3.04. The van der Waals surface area contributed by atoms with Crippen LogP contribution in [0.4, 0.5) is 11.4 Å². The van der Waals surface area contributed by atoms with Crippen molar-refractivity contribution < 1.29 is 0 Å². The minimum Gasteiger partial charge on any atom is -0.396 e. The van der Waals surface area contributed by atoms with Gasteiger partial charge in [-0.2, -0.15) is 0 Å². The minimum absolute atomic E-state index is 0.661. The molecule has 0 spiro atoms. The molecule has 0 atom stereocenters. The standard InChI is InChI=1S/C13H19ClN2/c1-2-8-16(9-10-6-7-10)12-5-3-4-11(14)13(12)15/h3-5,10H,2,6-9,15H2,1H3. The molecule has 2 rings (SSSR count). The number of anilines is 2. The molecule has 0 radical (unpaired) electrons. The fourth-order valence-electron chi connectivity index (χ4n) is 1.99. The molecule has 1 aliphatic rings. The van der Waals surface area contributed by atoms with Gasteiger partial charge in [0.25, 0.3) is 0 Å². The molecule has 1 aliphatic carbocycles. The molecule has 2 nitrogen and oxygen atoms in total. The van der Waals surface area contributed by atoms with E-state index in [9.17, 15) is 0 Å². The third kappa shape index (κ3) is 2.62. The highest BCUT2D eigenvalue weighted by atomic mass is 35.5. The van der Waals surface area contributed by atoms with Crippen LogP contribution in [0.15, 0.2) is 18.2 Å². The van der Waals surface area contributed by atoms with Crippen LogP contribution in [0.2, 0.25) is 5.02 Å². The monoisotopic (exact) mass is 238 g/mol. The number of para-hydroxylation sites is 1. The second-order valence-electron chi connectivity index (χ2n) is 4.56. The van der Waals surface area contributed by atoms with Crippen molar-refractivity contribution in [3.8, 4) is 0 Å². The third-order valence-corrected chi connectivity index (χ3v) is 3.37. The summed E-state index contributed by atoms with van der Waals surface area (Å²) in [5.74, 6) is 0.866. The van der Waals surface area contributed by atoms with Crippen LogP contribution < -0.4 is 10.6 Å². The Morgan fingerprint density at radius 2 is 2.19 bits per heavy atom. The number of rotatable bonds is 5. The summed E-state index contributed by atoms with van der Waals surface area (Å²) in [5, 5.41) is 0.661. The lowest BCUT2D eigenvalue weighted by Gasteiger charge is -2.26. The molecule has 3 heteroatoms. The van der Waals surface area contributed by atoms with Crippen molar-refractivity contribution in [1.29, 1.82) is 0 Å². The van der Waals surface area contributed by atoms with E-state index in [4.69, 9.17) is 17.3 Å². The van der Waals surface area contributed by atoms with Crippen LogP contribution >= 0.6 is 11.6 Å². The van der Waals surface area contributed by atoms with Crippen LogP contribution in [0.3, 0.4) is 0 Å². The van der Waals surface area contributed by atoms with Crippen molar-refractivity contribution in [1.82, 2.24) is 0 Å². The van der Waals surface area contributed by atoms with E-state index in [1.165, 1.54) is 12.8 Å². The SMILES string of the molecule is CCCN(CC1CC1)c1cccc(Cl)c1N. The molecule has 1 saturated carbocycles. The van der Waals surface area contributed by atoms with Crippen molar-refractivity contribution in [3.05, 3.63) is 23.2 Å². The van der Waals surface area contributed by atoms with E-state index in [2.05, 4.69) is 17.9 Å². The average Bonchev–Trinajstić information content (AvgIpc) is 3.06. The van der Waals surface area contributed by atoms with Gasteiger partial charge in [-0.05, 0) is 37.3 Å². The van der Waals surface area contributed by atoms with Gasteiger partial charge in [-0.1, -0.05) is 24.6 Å². The van der Waals surface area contributed by atoms with Gasteiger partial charge in [0.05, 0.1) is 16.4 Å². The van der Waals surface area contributed by atoms with Crippen molar-refractivity contribution >= 4 is 23.0 Å². The van der Waals surface area contributed by atoms with Gasteiger partial charge in [-0.15, -0.1) is 0 Å². The van der Waals surface area contributed by atoms with E-state index in [-0.39, 0.29) is 0 Å². The molecule has 0 saturated heterocycles. The zero-order valence-electron chi connectivity index (χ0n) is 9.75. The van der Waals surface area contributed by atoms with Crippen LogP contribution in [-0.4, -0.2) is 13.1 Å². The molecule has 0 aromatic heterocycles. The number of nitrogens with two attached hydrogens (primary N) is 1. The van der Waals surface area contributed by atoms with Crippen molar-refractivity contribution in [2.45, 2.75) is 26.2 Å². The number of benzene rings is 1. The van der Waals surface area contributed by atoms with Crippen LogP contribution in [0.1, 0.15) is 26.2 Å². The highest BCUT2D eigenvalue weighted by molar-refractivity contribution is 6.33. The summed E-state index contributed by atoms with van der Waals surface area (Å²) >= 11 is 6.06. The molecule has 0 heterocycles. The smallest absolute Gasteiger partial charge is 0.0741 e. The predicted octanol–water partition coefficient (Wildman–Crippen LogP) is 3.55. The number of nitrogen functional groups attached to an aromatic ring is 1. The van der Waals surface area contributed by atoms with Gasteiger partial charge in [-0.3, -0.25) is 0 Å². The van der Waals surface area contributed by atoms with Gasteiger partial charge in [0, 0.05) is 13.1 Å². The lowest BCUT2D eigenvalue weighted by molar-refractivity contribution is 0.709. The highest BCUT2D eigenvalue weighted by Gasteiger charge is 2.25. The second kappa shape index (κ2) is 4.96. The van der Waals surface area contributed by atoms with E-state index in [1.807, 2.05) is 12.1 Å². The average molecular weight is 239 g/mol. The summed E-state index contributed by atoms with van der Waals surface area (Å²) in [5.41, 5.74) is 7.86. The Balaban J connectivity index is 2.18. The quantitative estimate of drug-likeness (QED) is 0.795. The molecule has 0 amide bonds. The highest BCUT2D eigenvalue weighted by Crippen LogP contribution is 2.35. The molecule has 16 heavy (non-hydrogen) atoms. The molecule has 0 aliphatic heterocycles. The predicted molar refractivity (Wildman–Crippen MR) is 71.1 cm³/mol. The van der Waals surface area contributed by atoms with Crippen molar-refractivity contribution in [2.75, 3.05) is 23.7 Å². The summed E-state index contributed by atoms with van der Waals surface area (Å²) in [7, 11) is 0. The zero-order chi connectivity index (χ0) is 11.5. The first-order valence-electron chi connectivity index (χ1n) is 6.01. The summed E-state index contributed by atoms with van der Waals surface area (Å²) in [6, 6.07) is 5.89. The maximum Gasteiger partial charge on any atom is 0.0741 e. The first-order valence-corrected chi connectivity index (χ1v) is 6.39. The maximum atomic E-state index is 6.06. The van der Waals surface area contributed by atoms with Gasteiger partial charge in [0.2, 0.25) is 0 Å². The Hall–Kier alpha value is -0.890. The number of hydrogen-bond acceptors (Lipinski definition) is 2. The van der Waals surface area contributed by atoms with Crippen LogP contribution in [0.5, 0.6) is 0 Å². The largest absolute Gasteiger partial charge is 0.396 e. The number of hydrogen-bond donors (Lipinski definition) is 1. The fourth-order valence-corrected chi connectivity index (χ4v) is 2.16.